The van der Waals surface area contributed by atoms with Crippen LogP contribution in [0.15, 0.2) is 0 Å². The van der Waals surface area contributed by atoms with E-state index in [0.717, 1.165) is 6.54 Å². The van der Waals surface area contributed by atoms with E-state index in [4.69, 9.17) is 9.47 Å². The van der Waals surface area contributed by atoms with Crippen LogP contribution in [0.5, 0.6) is 0 Å². The fraction of sp³-hybridized carbons (Fsp3) is 0.800. The Morgan fingerprint density at radius 2 is 1.53 bits per heavy atom. The summed E-state index contributed by atoms with van der Waals surface area (Å²) in [4.78, 5) is 23.8. The Labute approximate surface area is 89.3 Å². The number of likely N-dealkylation sites (tertiary alicyclic amines) is 1. The molecule has 0 aromatic heterocycles. The number of hydrogen-bond donors (Lipinski definition) is 0. The molecule has 86 valence electrons. The molecule has 0 bridgehead atoms. The van der Waals surface area contributed by atoms with Crippen molar-refractivity contribution < 1.29 is 19.1 Å². The van der Waals surface area contributed by atoms with Gasteiger partial charge < -0.3 is 9.47 Å². The molecule has 0 saturated carbocycles. The second-order valence-corrected chi connectivity index (χ2v) is 3.65. The number of carbonyl (C=O) groups is 2. The third kappa shape index (κ3) is 3.51. The van der Waals surface area contributed by atoms with Crippen LogP contribution in [0.2, 0.25) is 0 Å². The molecule has 5 heteroatoms. The first-order valence-electron chi connectivity index (χ1n) is 5.09. The first kappa shape index (κ1) is 12.0. The Hall–Kier alpha value is -1.10. The van der Waals surface area contributed by atoms with Crippen molar-refractivity contribution in [3.8, 4) is 0 Å². The van der Waals surface area contributed by atoms with Gasteiger partial charge >= 0.3 is 11.9 Å². The molecule has 1 fully saturated rings. The third-order valence-electron chi connectivity index (χ3n) is 2.37. The van der Waals surface area contributed by atoms with Gasteiger partial charge in [0.15, 0.2) is 12.2 Å². The summed E-state index contributed by atoms with van der Waals surface area (Å²) in [6.07, 6.45) is -0.655. The number of likely N-dealkylation sites (N-methyl/N-ethyl adjacent to an activating group) is 1. The van der Waals surface area contributed by atoms with Crippen LogP contribution in [-0.4, -0.2) is 48.7 Å². The van der Waals surface area contributed by atoms with Gasteiger partial charge in [-0.15, -0.1) is 0 Å². The van der Waals surface area contributed by atoms with E-state index in [1.165, 1.54) is 13.8 Å². The molecule has 2 atom stereocenters. The first-order valence-corrected chi connectivity index (χ1v) is 5.09. The van der Waals surface area contributed by atoms with Gasteiger partial charge in [-0.1, -0.05) is 6.92 Å². The van der Waals surface area contributed by atoms with Crippen molar-refractivity contribution in [3.63, 3.8) is 0 Å². The van der Waals surface area contributed by atoms with Gasteiger partial charge in [-0.3, -0.25) is 14.5 Å². The highest BCUT2D eigenvalue weighted by molar-refractivity contribution is 5.67. The van der Waals surface area contributed by atoms with Crippen molar-refractivity contribution >= 4 is 11.9 Å². The van der Waals surface area contributed by atoms with E-state index in [2.05, 4.69) is 4.90 Å². The summed E-state index contributed by atoms with van der Waals surface area (Å²) in [5.74, 6) is -0.676. The van der Waals surface area contributed by atoms with Gasteiger partial charge in [0.1, 0.15) is 0 Å². The molecule has 0 spiro atoms. The quantitative estimate of drug-likeness (QED) is 0.629. The van der Waals surface area contributed by atoms with E-state index in [9.17, 15) is 9.59 Å². The molecule has 1 saturated heterocycles. The lowest BCUT2D eigenvalue weighted by atomic mass is 10.2. The average molecular weight is 215 g/mol. The monoisotopic (exact) mass is 215 g/mol. The zero-order chi connectivity index (χ0) is 11.4. The maximum Gasteiger partial charge on any atom is 0.303 e. The normalized spacial score (nSPS) is 26.3. The lowest BCUT2D eigenvalue weighted by Crippen LogP contribution is -2.32. The average Bonchev–Trinajstić information content (AvgIpc) is 2.46. The summed E-state index contributed by atoms with van der Waals surface area (Å²) >= 11 is 0. The second kappa shape index (κ2) is 5.11. The van der Waals surface area contributed by atoms with E-state index >= 15 is 0 Å². The molecular formula is C10H17NO4. The Morgan fingerprint density at radius 1 is 1.13 bits per heavy atom. The molecule has 1 aliphatic heterocycles. The van der Waals surface area contributed by atoms with E-state index in [1.54, 1.807) is 0 Å². The number of carbonyl (C=O) groups excluding carboxylic acids is 2. The molecule has 0 unspecified atom stereocenters. The maximum absolute atomic E-state index is 10.8. The Kier molecular flexibility index (Phi) is 4.08. The third-order valence-corrected chi connectivity index (χ3v) is 2.37. The van der Waals surface area contributed by atoms with Crippen molar-refractivity contribution in [1.29, 1.82) is 0 Å². The Bertz CT molecular complexity index is 230. The number of ether oxygens (including phenoxy) is 2. The maximum atomic E-state index is 10.8. The molecule has 0 radical (unpaired) electrons. The molecule has 1 aliphatic rings. The van der Waals surface area contributed by atoms with Crippen molar-refractivity contribution in [2.24, 2.45) is 0 Å². The van der Waals surface area contributed by atoms with E-state index < -0.39 is 0 Å². The van der Waals surface area contributed by atoms with Crippen LogP contribution in [-0.2, 0) is 19.1 Å². The van der Waals surface area contributed by atoms with E-state index in [0.29, 0.717) is 13.1 Å². The van der Waals surface area contributed by atoms with Crippen molar-refractivity contribution in [2.45, 2.75) is 33.0 Å². The number of hydrogen-bond acceptors (Lipinski definition) is 5. The molecule has 5 nitrogen and oxygen atoms in total. The molecule has 1 rings (SSSR count). The summed E-state index contributed by atoms with van der Waals surface area (Å²) in [5, 5.41) is 0. The van der Waals surface area contributed by atoms with E-state index in [-0.39, 0.29) is 24.1 Å². The summed E-state index contributed by atoms with van der Waals surface area (Å²) in [6.45, 7) is 6.86. The lowest BCUT2D eigenvalue weighted by Gasteiger charge is -2.17. The van der Waals surface area contributed by atoms with Crippen LogP contribution in [0.3, 0.4) is 0 Å². The lowest BCUT2D eigenvalue weighted by molar-refractivity contribution is -0.160. The SMILES string of the molecule is CCN1C[C@H](OC(C)=O)[C@H](OC(C)=O)C1. The molecule has 1 heterocycles. The van der Waals surface area contributed by atoms with Crippen LogP contribution < -0.4 is 0 Å². The minimum absolute atomic E-state index is 0.327. The smallest absolute Gasteiger partial charge is 0.303 e. The molecule has 0 amide bonds. The summed E-state index contributed by atoms with van der Waals surface area (Å²) < 4.78 is 10.2. The van der Waals surface area contributed by atoms with Crippen molar-refractivity contribution in [1.82, 2.24) is 4.90 Å². The number of nitrogens with zero attached hydrogens (tertiary/aromatic N) is 1. The van der Waals surface area contributed by atoms with Crippen LogP contribution in [0.25, 0.3) is 0 Å². The van der Waals surface area contributed by atoms with Crippen LogP contribution >= 0.6 is 0 Å². The minimum Gasteiger partial charge on any atom is -0.457 e. The molecule has 0 aromatic carbocycles. The zero-order valence-electron chi connectivity index (χ0n) is 9.36. The van der Waals surface area contributed by atoms with Crippen LogP contribution in [0.4, 0.5) is 0 Å². The largest absolute Gasteiger partial charge is 0.457 e. The van der Waals surface area contributed by atoms with Crippen LogP contribution in [0, 0.1) is 0 Å². The zero-order valence-corrected chi connectivity index (χ0v) is 9.36. The Morgan fingerprint density at radius 3 is 1.80 bits per heavy atom. The highest BCUT2D eigenvalue weighted by Gasteiger charge is 2.36. The van der Waals surface area contributed by atoms with Gasteiger partial charge in [0, 0.05) is 26.9 Å². The summed E-state index contributed by atoms with van der Waals surface area (Å²) in [5.41, 5.74) is 0. The summed E-state index contributed by atoms with van der Waals surface area (Å²) in [6, 6.07) is 0. The fourth-order valence-corrected chi connectivity index (χ4v) is 1.73. The molecule has 0 N–H and O–H groups in total. The first-order chi connectivity index (χ1) is 7.02. The molecular weight excluding hydrogens is 198 g/mol. The number of rotatable bonds is 3. The Balaban J connectivity index is 2.56. The van der Waals surface area contributed by atoms with Gasteiger partial charge in [-0.05, 0) is 6.54 Å². The standard InChI is InChI=1S/C10H17NO4/c1-4-11-5-9(14-7(2)12)10(6-11)15-8(3)13/h9-10H,4-6H2,1-3H3/t9-,10+. The minimum atomic E-state index is -0.338. The molecule has 0 aliphatic carbocycles. The van der Waals surface area contributed by atoms with Crippen molar-refractivity contribution in [2.75, 3.05) is 19.6 Å². The van der Waals surface area contributed by atoms with Crippen molar-refractivity contribution in [3.05, 3.63) is 0 Å². The predicted octanol–water partition coefficient (Wildman–Crippen LogP) is 0.185. The number of esters is 2. The fourth-order valence-electron chi connectivity index (χ4n) is 1.73. The van der Waals surface area contributed by atoms with Gasteiger partial charge in [-0.25, -0.2) is 0 Å². The molecule has 0 aromatic rings. The predicted molar refractivity (Wildman–Crippen MR) is 53.2 cm³/mol. The van der Waals surface area contributed by atoms with Gasteiger partial charge in [0.25, 0.3) is 0 Å². The topological polar surface area (TPSA) is 55.8 Å². The van der Waals surface area contributed by atoms with E-state index in [1.807, 2.05) is 6.92 Å². The highest BCUT2D eigenvalue weighted by atomic mass is 16.6. The molecule has 15 heavy (non-hydrogen) atoms. The van der Waals surface area contributed by atoms with Gasteiger partial charge in [0.05, 0.1) is 0 Å². The van der Waals surface area contributed by atoms with Gasteiger partial charge in [0.2, 0.25) is 0 Å². The van der Waals surface area contributed by atoms with Crippen LogP contribution in [0.1, 0.15) is 20.8 Å². The summed E-state index contributed by atoms with van der Waals surface area (Å²) in [7, 11) is 0. The highest BCUT2D eigenvalue weighted by Crippen LogP contribution is 2.16. The van der Waals surface area contributed by atoms with Gasteiger partial charge in [-0.2, -0.15) is 0 Å². The second-order valence-electron chi connectivity index (χ2n) is 3.65.